The highest BCUT2D eigenvalue weighted by Crippen LogP contribution is 1.96. The van der Waals surface area contributed by atoms with Crippen LogP contribution in [0.15, 0.2) is 48.6 Å². The van der Waals surface area contributed by atoms with Gasteiger partial charge in [0.25, 0.3) is 0 Å². The third-order valence-electron chi connectivity index (χ3n) is 2.69. The molecular formula is C18H27NO3. The zero-order chi connectivity index (χ0) is 16.5. The third kappa shape index (κ3) is 16.0. The number of hydrogen-bond acceptors (Lipinski definition) is 2. The van der Waals surface area contributed by atoms with E-state index < -0.39 is 5.97 Å². The second-order valence-electron chi connectivity index (χ2n) is 4.71. The predicted octanol–water partition coefficient (Wildman–Crippen LogP) is 3.77. The molecule has 22 heavy (non-hydrogen) atoms. The standard InChI is InChI=1S/C18H27NO3/c1-2-3-4-5-6-7-8-9-10-11-12-13-14-15-17(20)19-16-18(21)22/h3-4,6-7,9-10,12-13H,2,5,8,11,14-16H2,1H3,(H,19,20)(H,21,22)/b4-3-,7-6-,10-9-,13-12-. The number of carbonyl (C=O) groups is 2. The van der Waals surface area contributed by atoms with Gasteiger partial charge in [-0.2, -0.15) is 0 Å². The summed E-state index contributed by atoms with van der Waals surface area (Å²) in [5.74, 6) is -1.26. The molecule has 0 unspecified atom stereocenters. The molecule has 1 amide bonds. The Bertz CT molecular complexity index is 420. The zero-order valence-corrected chi connectivity index (χ0v) is 13.3. The number of carbonyl (C=O) groups excluding carboxylic acids is 1. The van der Waals surface area contributed by atoms with Crippen molar-refractivity contribution in [1.29, 1.82) is 0 Å². The maximum atomic E-state index is 11.2. The van der Waals surface area contributed by atoms with E-state index in [4.69, 9.17) is 5.11 Å². The average molecular weight is 305 g/mol. The SMILES string of the molecule is CC/C=C\C/C=C\C/C=C\C/C=C\CCC(=O)NCC(=O)O. The molecule has 4 nitrogen and oxygen atoms in total. The summed E-state index contributed by atoms with van der Waals surface area (Å²) >= 11 is 0. The van der Waals surface area contributed by atoms with Crippen molar-refractivity contribution in [3.63, 3.8) is 0 Å². The molecule has 0 aliphatic carbocycles. The maximum absolute atomic E-state index is 11.2. The molecule has 0 aromatic carbocycles. The molecule has 4 heteroatoms. The summed E-state index contributed by atoms with van der Waals surface area (Å²) in [6, 6.07) is 0. The summed E-state index contributed by atoms with van der Waals surface area (Å²) in [7, 11) is 0. The average Bonchev–Trinajstić information content (AvgIpc) is 2.49. The minimum absolute atomic E-state index is 0.232. The lowest BCUT2D eigenvalue weighted by atomic mass is 10.2. The maximum Gasteiger partial charge on any atom is 0.322 e. The van der Waals surface area contributed by atoms with E-state index >= 15 is 0 Å². The van der Waals surface area contributed by atoms with Gasteiger partial charge in [0.2, 0.25) is 5.91 Å². The summed E-state index contributed by atoms with van der Waals surface area (Å²) in [6.07, 6.45) is 21.6. The number of aliphatic carboxylic acids is 1. The number of amides is 1. The molecule has 0 aliphatic heterocycles. The largest absolute Gasteiger partial charge is 0.480 e. The molecule has 0 fully saturated rings. The molecule has 0 radical (unpaired) electrons. The first kappa shape index (κ1) is 19.9. The van der Waals surface area contributed by atoms with E-state index in [1.54, 1.807) is 0 Å². The van der Waals surface area contributed by atoms with Gasteiger partial charge in [0.05, 0.1) is 0 Å². The van der Waals surface area contributed by atoms with E-state index in [0.29, 0.717) is 12.8 Å². The van der Waals surface area contributed by atoms with Crippen LogP contribution in [0.5, 0.6) is 0 Å². The van der Waals surface area contributed by atoms with E-state index in [0.717, 1.165) is 25.7 Å². The Morgan fingerprint density at radius 1 is 0.864 bits per heavy atom. The first-order chi connectivity index (χ1) is 10.7. The van der Waals surface area contributed by atoms with Crippen LogP contribution in [0.2, 0.25) is 0 Å². The van der Waals surface area contributed by atoms with Crippen molar-refractivity contribution in [2.75, 3.05) is 6.54 Å². The van der Waals surface area contributed by atoms with Gasteiger partial charge in [-0.3, -0.25) is 9.59 Å². The number of nitrogens with one attached hydrogen (secondary N) is 1. The quantitative estimate of drug-likeness (QED) is 0.539. The fourth-order valence-electron chi connectivity index (χ4n) is 1.57. The van der Waals surface area contributed by atoms with E-state index in [1.807, 2.05) is 12.2 Å². The summed E-state index contributed by atoms with van der Waals surface area (Å²) in [6.45, 7) is 1.81. The number of carboxylic acid groups (broad SMARTS) is 1. The van der Waals surface area contributed by atoms with Crippen LogP contribution in [0.4, 0.5) is 0 Å². The van der Waals surface area contributed by atoms with Gasteiger partial charge in [-0.25, -0.2) is 0 Å². The number of carboxylic acids is 1. The molecule has 122 valence electrons. The fourth-order valence-corrected chi connectivity index (χ4v) is 1.57. The van der Waals surface area contributed by atoms with Gasteiger partial charge in [0.1, 0.15) is 6.54 Å². The van der Waals surface area contributed by atoms with Crippen molar-refractivity contribution in [3.8, 4) is 0 Å². The van der Waals surface area contributed by atoms with Gasteiger partial charge in [0, 0.05) is 6.42 Å². The van der Waals surface area contributed by atoms with Gasteiger partial charge < -0.3 is 10.4 Å². The predicted molar refractivity (Wildman–Crippen MR) is 90.6 cm³/mol. The Kier molecular flexibility index (Phi) is 13.8. The van der Waals surface area contributed by atoms with Crippen molar-refractivity contribution in [2.24, 2.45) is 0 Å². The molecule has 0 spiro atoms. The minimum Gasteiger partial charge on any atom is -0.480 e. The van der Waals surface area contributed by atoms with Crippen molar-refractivity contribution in [2.45, 2.75) is 45.4 Å². The summed E-state index contributed by atoms with van der Waals surface area (Å²) in [5, 5.41) is 10.7. The Labute approximate surface area is 133 Å². The molecule has 0 aromatic heterocycles. The second kappa shape index (κ2) is 15.3. The van der Waals surface area contributed by atoms with Crippen LogP contribution in [0, 0.1) is 0 Å². The Morgan fingerprint density at radius 3 is 1.86 bits per heavy atom. The third-order valence-corrected chi connectivity index (χ3v) is 2.69. The van der Waals surface area contributed by atoms with Crippen LogP contribution in [-0.2, 0) is 9.59 Å². The van der Waals surface area contributed by atoms with Gasteiger partial charge in [0.15, 0.2) is 0 Å². The van der Waals surface area contributed by atoms with Gasteiger partial charge in [-0.15, -0.1) is 0 Å². The monoisotopic (exact) mass is 305 g/mol. The number of hydrogen-bond donors (Lipinski definition) is 2. The van der Waals surface area contributed by atoms with Crippen molar-refractivity contribution in [3.05, 3.63) is 48.6 Å². The van der Waals surface area contributed by atoms with Gasteiger partial charge in [-0.05, 0) is 32.1 Å². The van der Waals surface area contributed by atoms with Crippen LogP contribution in [0.1, 0.15) is 45.4 Å². The van der Waals surface area contributed by atoms with Crippen LogP contribution in [-0.4, -0.2) is 23.5 Å². The molecule has 0 aliphatic rings. The van der Waals surface area contributed by atoms with Crippen molar-refractivity contribution >= 4 is 11.9 Å². The Balaban J connectivity index is 3.53. The Morgan fingerprint density at radius 2 is 1.36 bits per heavy atom. The molecule has 0 saturated carbocycles. The number of rotatable bonds is 12. The molecule has 0 rings (SSSR count). The van der Waals surface area contributed by atoms with E-state index in [9.17, 15) is 9.59 Å². The molecule has 0 heterocycles. The normalized spacial score (nSPS) is 12.0. The van der Waals surface area contributed by atoms with Crippen LogP contribution < -0.4 is 5.32 Å². The number of allylic oxidation sites excluding steroid dienone is 8. The molecule has 0 bridgehead atoms. The summed E-state index contributed by atoms with van der Waals surface area (Å²) in [5.41, 5.74) is 0. The molecule has 0 aromatic rings. The molecule has 2 N–H and O–H groups in total. The highest BCUT2D eigenvalue weighted by atomic mass is 16.4. The zero-order valence-electron chi connectivity index (χ0n) is 13.3. The van der Waals surface area contributed by atoms with Crippen LogP contribution in [0.3, 0.4) is 0 Å². The summed E-state index contributed by atoms with van der Waals surface area (Å²) < 4.78 is 0. The molecule has 0 saturated heterocycles. The fraction of sp³-hybridized carbons (Fsp3) is 0.444. The summed E-state index contributed by atoms with van der Waals surface area (Å²) in [4.78, 5) is 21.5. The van der Waals surface area contributed by atoms with Gasteiger partial charge >= 0.3 is 5.97 Å². The smallest absolute Gasteiger partial charge is 0.322 e. The molecule has 0 atom stereocenters. The Hall–Kier alpha value is -2.10. The lowest BCUT2D eigenvalue weighted by molar-refractivity contribution is -0.137. The van der Waals surface area contributed by atoms with Crippen LogP contribution in [0.25, 0.3) is 0 Å². The topological polar surface area (TPSA) is 66.4 Å². The second-order valence-corrected chi connectivity index (χ2v) is 4.71. The van der Waals surface area contributed by atoms with E-state index in [2.05, 4.69) is 48.7 Å². The molecular weight excluding hydrogens is 278 g/mol. The highest BCUT2D eigenvalue weighted by molar-refractivity contribution is 5.81. The highest BCUT2D eigenvalue weighted by Gasteiger charge is 2.01. The minimum atomic E-state index is -1.02. The van der Waals surface area contributed by atoms with Crippen LogP contribution >= 0.6 is 0 Å². The van der Waals surface area contributed by atoms with E-state index in [-0.39, 0.29) is 12.5 Å². The first-order valence-electron chi connectivity index (χ1n) is 7.75. The van der Waals surface area contributed by atoms with Crippen molar-refractivity contribution in [1.82, 2.24) is 5.32 Å². The van der Waals surface area contributed by atoms with E-state index in [1.165, 1.54) is 0 Å². The van der Waals surface area contributed by atoms with Crippen molar-refractivity contribution < 1.29 is 14.7 Å². The lowest BCUT2D eigenvalue weighted by Crippen LogP contribution is -2.28. The van der Waals surface area contributed by atoms with Gasteiger partial charge in [-0.1, -0.05) is 55.5 Å². The first-order valence-corrected chi connectivity index (χ1v) is 7.75. The lowest BCUT2D eigenvalue weighted by Gasteiger charge is -1.99.